The summed E-state index contributed by atoms with van der Waals surface area (Å²) in [4.78, 5) is 4.90. The van der Waals surface area contributed by atoms with E-state index in [4.69, 9.17) is 9.40 Å². The maximum Gasteiger partial charge on any atom is 0.153 e. The summed E-state index contributed by atoms with van der Waals surface area (Å²) in [6.45, 7) is 15.5. The first-order valence-corrected chi connectivity index (χ1v) is 13.4. The number of hydrogen-bond acceptors (Lipinski definition) is 3. The molecule has 0 radical (unpaired) electrons. The Bertz CT molecular complexity index is 1790. The molecule has 0 bridgehead atoms. The molecule has 3 heteroatoms. The third-order valence-electron chi connectivity index (χ3n) is 7.29. The van der Waals surface area contributed by atoms with E-state index in [9.17, 15) is 0 Å². The third-order valence-corrected chi connectivity index (χ3v) is 8.61. The molecule has 3 aromatic carbocycles. The predicted molar refractivity (Wildman–Crippen MR) is 155 cm³/mol. The maximum absolute atomic E-state index is 6.66. The molecule has 36 heavy (non-hydrogen) atoms. The second-order valence-electron chi connectivity index (χ2n) is 11.1. The number of furan rings is 1. The summed E-state index contributed by atoms with van der Waals surface area (Å²) in [6, 6.07) is 19.9. The average molecular weight is 490 g/mol. The van der Waals surface area contributed by atoms with Crippen molar-refractivity contribution >= 4 is 42.5 Å². The number of fused-ring (bicyclic) bond motifs is 4. The van der Waals surface area contributed by atoms with E-state index in [1.54, 1.807) is 11.3 Å². The molecule has 3 heterocycles. The van der Waals surface area contributed by atoms with Crippen LogP contribution in [0.25, 0.3) is 53.7 Å². The molecule has 0 amide bonds. The van der Waals surface area contributed by atoms with Crippen LogP contribution in [0.15, 0.2) is 65.2 Å². The predicted octanol–water partition coefficient (Wildman–Crippen LogP) is 10.1. The standard InChI is InChI=1S/C33H31NOS/c1-18-14-19(2)27(20(3)15-18)29-21(4)31-30(35-29)25-12-13-34-28(32(25)36-31)23-16-22-10-8-9-11-24(22)26(17-23)33(5,6)7/h8-17H,1-7H3. The lowest BCUT2D eigenvalue weighted by molar-refractivity contribution is 0.596. The maximum atomic E-state index is 6.66. The van der Waals surface area contributed by atoms with E-state index in [0.717, 1.165) is 28.0 Å². The Morgan fingerprint density at radius 1 is 0.806 bits per heavy atom. The van der Waals surface area contributed by atoms with Crippen molar-refractivity contribution in [3.63, 3.8) is 0 Å². The Kier molecular flexibility index (Phi) is 5.14. The fourth-order valence-electron chi connectivity index (χ4n) is 5.68. The van der Waals surface area contributed by atoms with Gasteiger partial charge in [-0.05, 0) is 78.8 Å². The van der Waals surface area contributed by atoms with Crippen LogP contribution in [0, 0.1) is 27.7 Å². The lowest BCUT2D eigenvalue weighted by atomic mass is 9.82. The molecule has 0 N–H and O–H groups in total. The van der Waals surface area contributed by atoms with Crippen molar-refractivity contribution in [1.29, 1.82) is 0 Å². The summed E-state index contributed by atoms with van der Waals surface area (Å²) < 4.78 is 9.06. The van der Waals surface area contributed by atoms with Crippen LogP contribution in [0.4, 0.5) is 0 Å². The smallest absolute Gasteiger partial charge is 0.153 e. The highest BCUT2D eigenvalue weighted by Gasteiger charge is 2.23. The zero-order valence-corrected chi connectivity index (χ0v) is 22.9. The van der Waals surface area contributed by atoms with E-state index < -0.39 is 0 Å². The first kappa shape index (κ1) is 23.0. The molecule has 0 atom stereocenters. The van der Waals surface area contributed by atoms with Crippen molar-refractivity contribution in [2.45, 2.75) is 53.9 Å². The summed E-state index contributed by atoms with van der Waals surface area (Å²) in [5.74, 6) is 0.993. The number of pyridine rings is 1. The molecule has 2 nitrogen and oxygen atoms in total. The minimum atomic E-state index is 0.0296. The molecule has 0 aliphatic heterocycles. The molecule has 0 saturated heterocycles. The number of aryl methyl sites for hydroxylation is 4. The monoisotopic (exact) mass is 489 g/mol. The summed E-state index contributed by atoms with van der Waals surface area (Å²) in [5, 5.41) is 3.70. The van der Waals surface area contributed by atoms with Gasteiger partial charge in [0.15, 0.2) is 5.58 Å². The molecule has 0 fully saturated rings. The lowest BCUT2D eigenvalue weighted by Gasteiger charge is -2.22. The second-order valence-corrected chi connectivity index (χ2v) is 12.1. The molecule has 0 saturated carbocycles. The van der Waals surface area contributed by atoms with Crippen LogP contribution in [0.5, 0.6) is 0 Å². The van der Waals surface area contributed by atoms with Gasteiger partial charge in [0, 0.05) is 28.3 Å². The van der Waals surface area contributed by atoms with E-state index in [2.05, 4.69) is 103 Å². The summed E-state index contributed by atoms with van der Waals surface area (Å²) in [7, 11) is 0. The van der Waals surface area contributed by atoms with Crippen molar-refractivity contribution in [3.8, 4) is 22.6 Å². The first-order chi connectivity index (χ1) is 17.1. The molecule has 0 spiro atoms. The molecule has 0 aliphatic carbocycles. The van der Waals surface area contributed by atoms with Crippen molar-refractivity contribution < 1.29 is 4.42 Å². The van der Waals surface area contributed by atoms with Gasteiger partial charge in [0.05, 0.1) is 15.1 Å². The summed E-state index contributed by atoms with van der Waals surface area (Å²) >= 11 is 1.80. The number of hydrogen-bond donors (Lipinski definition) is 0. The Hall–Kier alpha value is -3.43. The Balaban J connectivity index is 1.60. The molecular weight excluding hydrogens is 458 g/mol. The summed E-state index contributed by atoms with van der Waals surface area (Å²) in [6.07, 6.45) is 1.93. The van der Waals surface area contributed by atoms with Crippen molar-refractivity contribution in [1.82, 2.24) is 4.98 Å². The van der Waals surface area contributed by atoms with Crippen LogP contribution in [-0.4, -0.2) is 4.98 Å². The number of benzene rings is 3. The SMILES string of the molecule is Cc1cc(C)c(-c2oc3c(sc4c(-c5cc(C(C)(C)C)c6ccccc6c5)nccc43)c2C)c(C)c1. The van der Waals surface area contributed by atoms with E-state index >= 15 is 0 Å². The molecule has 0 unspecified atom stereocenters. The second kappa shape index (κ2) is 8.04. The first-order valence-electron chi connectivity index (χ1n) is 12.6. The molecule has 0 aliphatic rings. The number of aromatic nitrogens is 1. The van der Waals surface area contributed by atoms with Crippen molar-refractivity contribution in [3.05, 3.63) is 88.6 Å². The molecule has 6 aromatic rings. The largest absolute Gasteiger partial charge is 0.454 e. The normalized spacial score (nSPS) is 12.3. The van der Waals surface area contributed by atoms with E-state index in [-0.39, 0.29) is 5.41 Å². The van der Waals surface area contributed by atoms with Gasteiger partial charge in [-0.1, -0.05) is 62.7 Å². The van der Waals surface area contributed by atoms with Crippen LogP contribution in [0.1, 0.15) is 48.6 Å². The van der Waals surface area contributed by atoms with Gasteiger partial charge >= 0.3 is 0 Å². The van der Waals surface area contributed by atoms with Crippen LogP contribution in [-0.2, 0) is 5.41 Å². The van der Waals surface area contributed by atoms with Crippen LogP contribution in [0.2, 0.25) is 0 Å². The highest BCUT2D eigenvalue weighted by atomic mass is 32.1. The zero-order valence-electron chi connectivity index (χ0n) is 22.0. The van der Waals surface area contributed by atoms with Gasteiger partial charge in [-0.3, -0.25) is 4.98 Å². The third kappa shape index (κ3) is 3.49. The Morgan fingerprint density at radius 2 is 1.53 bits per heavy atom. The van der Waals surface area contributed by atoms with Gasteiger partial charge in [-0.2, -0.15) is 0 Å². The van der Waals surface area contributed by atoms with Gasteiger partial charge in [0.1, 0.15) is 5.76 Å². The Labute approximate surface area is 216 Å². The molecule has 180 valence electrons. The Morgan fingerprint density at radius 3 is 2.25 bits per heavy atom. The van der Waals surface area contributed by atoms with Crippen molar-refractivity contribution in [2.24, 2.45) is 0 Å². The topological polar surface area (TPSA) is 26.0 Å². The summed E-state index contributed by atoms with van der Waals surface area (Å²) in [5.41, 5.74) is 10.8. The number of thiophene rings is 1. The number of nitrogens with zero attached hydrogens (tertiary/aromatic N) is 1. The van der Waals surface area contributed by atoms with Crippen LogP contribution >= 0.6 is 11.3 Å². The molecular formula is C33H31NOS. The van der Waals surface area contributed by atoms with Gasteiger partial charge in [-0.25, -0.2) is 0 Å². The number of rotatable bonds is 2. The van der Waals surface area contributed by atoms with Crippen LogP contribution in [0.3, 0.4) is 0 Å². The van der Waals surface area contributed by atoms with E-state index in [1.807, 2.05) is 6.20 Å². The zero-order chi connectivity index (χ0) is 25.4. The van der Waals surface area contributed by atoms with Gasteiger partial charge in [0.2, 0.25) is 0 Å². The fourth-order valence-corrected chi connectivity index (χ4v) is 6.91. The highest BCUT2D eigenvalue weighted by molar-refractivity contribution is 7.26. The quantitative estimate of drug-likeness (QED) is 0.242. The van der Waals surface area contributed by atoms with E-state index in [0.29, 0.717) is 0 Å². The van der Waals surface area contributed by atoms with Crippen molar-refractivity contribution in [2.75, 3.05) is 0 Å². The molecule has 3 aromatic heterocycles. The van der Waals surface area contributed by atoms with Crippen LogP contribution < -0.4 is 0 Å². The molecule has 6 rings (SSSR count). The fraction of sp³-hybridized carbons (Fsp3) is 0.242. The highest BCUT2D eigenvalue weighted by Crippen LogP contribution is 2.46. The lowest BCUT2D eigenvalue weighted by Crippen LogP contribution is -2.12. The minimum Gasteiger partial charge on any atom is -0.454 e. The van der Waals surface area contributed by atoms with Gasteiger partial charge < -0.3 is 4.42 Å². The average Bonchev–Trinajstić information content (AvgIpc) is 3.34. The van der Waals surface area contributed by atoms with Gasteiger partial charge in [-0.15, -0.1) is 11.3 Å². The minimum absolute atomic E-state index is 0.0296. The van der Waals surface area contributed by atoms with E-state index in [1.165, 1.54) is 53.6 Å². The van der Waals surface area contributed by atoms with Gasteiger partial charge in [0.25, 0.3) is 0 Å².